The Kier molecular flexibility index (Phi) is 6.26. The standard InChI is InChI=1S/C19H30N4O2/c1-14-4-8-23(9-5-14)17-3-2-15(12-21-17)13-22-19(24)18(20)16-6-10-25-11-7-16/h2-3,12,14,16,18H,4-11,13,20H2,1H3,(H,22,24). The fourth-order valence-electron chi connectivity index (χ4n) is 3.54. The van der Waals surface area contributed by atoms with Gasteiger partial charge in [-0.05, 0) is 49.1 Å². The second-order valence-corrected chi connectivity index (χ2v) is 7.39. The van der Waals surface area contributed by atoms with Gasteiger partial charge in [0.25, 0.3) is 0 Å². The van der Waals surface area contributed by atoms with E-state index in [1.165, 1.54) is 12.8 Å². The molecule has 0 bridgehead atoms. The number of piperidine rings is 1. The summed E-state index contributed by atoms with van der Waals surface area (Å²) in [4.78, 5) is 19.2. The molecule has 1 amide bonds. The highest BCUT2D eigenvalue weighted by atomic mass is 16.5. The zero-order chi connectivity index (χ0) is 17.6. The topological polar surface area (TPSA) is 80.5 Å². The monoisotopic (exact) mass is 346 g/mol. The predicted molar refractivity (Wildman–Crippen MR) is 98.2 cm³/mol. The van der Waals surface area contributed by atoms with Crippen LogP contribution in [0.5, 0.6) is 0 Å². The molecular formula is C19H30N4O2. The van der Waals surface area contributed by atoms with Crippen LogP contribution in [0, 0.1) is 11.8 Å². The third-order valence-corrected chi connectivity index (χ3v) is 5.46. The van der Waals surface area contributed by atoms with Crippen LogP contribution in [0.3, 0.4) is 0 Å². The van der Waals surface area contributed by atoms with Gasteiger partial charge in [-0.15, -0.1) is 0 Å². The molecule has 0 spiro atoms. The average molecular weight is 346 g/mol. The highest BCUT2D eigenvalue weighted by Gasteiger charge is 2.26. The van der Waals surface area contributed by atoms with Gasteiger partial charge in [-0.1, -0.05) is 13.0 Å². The zero-order valence-electron chi connectivity index (χ0n) is 15.1. The molecule has 2 aliphatic rings. The van der Waals surface area contributed by atoms with Crippen molar-refractivity contribution in [3.05, 3.63) is 23.9 Å². The van der Waals surface area contributed by atoms with Crippen LogP contribution in [0.25, 0.3) is 0 Å². The van der Waals surface area contributed by atoms with Crippen molar-refractivity contribution in [2.45, 2.75) is 45.2 Å². The molecule has 0 radical (unpaired) electrons. The molecule has 25 heavy (non-hydrogen) atoms. The van der Waals surface area contributed by atoms with Gasteiger partial charge in [-0.25, -0.2) is 4.98 Å². The second kappa shape index (κ2) is 8.63. The molecule has 0 aromatic carbocycles. The molecule has 1 aromatic rings. The van der Waals surface area contributed by atoms with Gasteiger partial charge in [0, 0.05) is 39.0 Å². The summed E-state index contributed by atoms with van der Waals surface area (Å²) >= 11 is 0. The fraction of sp³-hybridized carbons (Fsp3) is 0.684. The van der Waals surface area contributed by atoms with Crippen LogP contribution >= 0.6 is 0 Å². The first-order valence-electron chi connectivity index (χ1n) is 9.44. The first-order valence-corrected chi connectivity index (χ1v) is 9.44. The van der Waals surface area contributed by atoms with Gasteiger partial charge in [-0.2, -0.15) is 0 Å². The number of hydrogen-bond acceptors (Lipinski definition) is 5. The lowest BCUT2D eigenvalue weighted by Crippen LogP contribution is -2.46. The summed E-state index contributed by atoms with van der Waals surface area (Å²) < 4.78 is 5.33. The van der Waals surface area contributed by atoms with Gasteiger partial charge in [0.2, 0.25) is 5.91 Å². The van der Waals surface area contributed by atoms with Crippen LogP contribution < -0.4 is 16.0 Å². The number of hydrogen-bond donors (Lipinski definition) is 2. The van der Waals surface area contributed by atoms with Crippen molar-refractivity contribution in [2.24, 2.45) is 17.6 Å². The highest BCUT2D eigenvalue weighted by molar-refractivity contribution is 5.81. The van der Waals surface area contributed by atoms with Crippen molar-refractivity contribution < 1.29 is 9.53 Å². The molecule has 1 aromatic heterocycles. The van der Waals surface area contributed by atoms with Crippen LogP contribution in [-0.2, 0) is 16.1 Å². The molecule has 3 rings (SSSR count). The second-order valence-electron chi connectivity index (χ2n) is 7.39. The van der Waals surface area contributed by atoms with E-state index >= 15 is 0 Å². The van der Waals surface area contributed by atoms with E-state index in [4.69, 9.17) is 10.5 Å². The van der Waals surface area contributed by atoms with Crippen LogP contribution in [0.1, 0.15) is 38.2 Å². The lowest BCUT2D eigenvalue weighted by atomic mass is 9.92. The van der Waals surface area contributed by atoms with E-state index in [0.717, 1.165) is 43.2 Å². The molecule has 3 N–H and O–H groups in total. The fourth-order valence-corrected chi connectivity index (χ4v) is 3.54. The van der Waals surface area contributed by atoms with E-state index in [1.54, 1.807) is 0 Å². The van der Waals surface area contributed by atoms with Gasteiger partial charge in [-0.3, -0.25) is 4.79 Å². The molecule has 2 aliphatic heterocycles. The van der Waals surface area contributed by atoms with Crippen LogP contribution in [0.4, 0.5) is 5.82 Å². The van der Waals surface area contributed by atoms with Crippen LogP contribution in [0.15, 0.2) is 18.3 Å². The predicted octanol–water partition coefficient (Wildman–Crippen LogP) is 1.69. The summed E-state index contributed by atoms with van der Waals surface area (Å²) in [6.45, 7) is 6.33. The van der Waals surface area contributed by atoms with E-state index in [2.05, 4.69) is 28.2 Å². The highest BCUT2D eigenvalue weighted by Crippen LogP contribution is 2.21. The normalized spacial score (nSPS) is 21.1. The Labute approximate surface area is 150 Å². The molecule has 2 fully saturated rings. The minimum Gasteiger partial charge on any atom is -0.381 e. The summed E-state index contributed by atoms with van der Waals surface area (Å²) in [6, 6.07) is 3.64. The molecule has 1 atom stereocenters. The number of rotatable bonds is 5. The molecule has 6 heteroatoms. The molecule has 0 saturated carbocycles. The van der Waals surface area contributed by atoms with Crippen molar-refractivity contribution in [1.29, 1.82) is 0 Å². The van der Waals surface area contributed by atoms with Crippen molar-refractivity contribution in [2.75, 3.05) is 31.2 Å². The smallest absolute Gasteiger partial charge is 0.237 e. The molecule has 1 unspecified atom stereocenters. The van der Waals surface area contributed by atoms with Gasteiger partial charge < -0.3 is 20.7 Å². The average Bonchev–Trinajstić information content (AvgIpc) is 2.67. The number of amides is 1. The third-order valence-electron chi connectivity index (χ3n) is 5.46. The maximum Gasteiger partial charge on any atom is 0.237 e. The first kappa shape index (κ1) is 18.1. The van der Waals surface area contributed by atoms with E-state index in [1.807, 2.05) is 12.3 Å². The number of ether oxygens (including phenoxy) is 1. The Morgan fingerprint density at radius 1 is 1.32 bits per heavy atom. The van der Waals surface area contributed by atoms with Crippen LogP contribution in [-0.4, -0.2) is 43.2 Å². The Morgan fingerprint density at radius 3 is 2.68 bits per heavy atom. The van der Waals surface area contributed by atoms with Gasteiger partial charge >= 0.3 is 0 Å². The molecule has 0 aliphatic carbocycles. The number of anilines is 1. The molecule has 3 heterocycles. The van der Waals surface area contributed by atoms with E-state index < -0.39 is 6.04 Å². The summed E-state index contributed by atoms with van der Waals surface area (Å²) in [7, 11) is 0. The summed E-state index contributed by atoms with van der Waals surface area (Å²) in [5, 5.41) is 2.94. The SMILES string of the molecule is CC1CCN(c2ccc(CNC(=O)C(N)C3CCOCC3)cn2)CC1. The number of aromatic nitrogens is 1. The Balaban J connectivity index is 1.47. The molecule has 2 saturated heterocycles. The minimum atomic E-state index is -0.452. The number of nitrogens with one attached hydrogen (secondary N) is 1. The largest absolute Gasteiger partial charge is 0.381 e. The van der Waals surface area contributed by atoms with Gasteiger partial charge in [0.05, 0.1) is 6.04 Å². The first-order chi connectivity index (χ1) is 12.1. The van der Waals surface area contributed by atoms with Crippen molar-refractivity contribution in [3.63, 3.8) is 0 Å². The van der Waals surface area contributed by atoms with Crippen molar-refractivity contribution in [1.82, 2.24) is 10.3 Å². The number of nitrogens with two attached hydrogens (primary N) is 1. The maximum absolute atomic E-state index is 12.3. The maximum atomic E-state index is 12.3. The molecule has 138 valence electrons. The Morgan fingerprint density at radius 2 is 2.04 bits per heavy atom. The summed E-state index contributed by atoms with van der Waals surface area (Å²) in [5.41, 5.74) is 7.10. The zero-order valence-corrected chi connectivity index (χ0v) is 15.1. The molecular weight excluding hydrogens is 316 g/mol. The third kappa shape index (κ3) is 4.92. The Bertz CT molecular complexity index is 549. The minimum absolute atomic E-state index is 0.0824. The van der Waals surface area contributed by atoms with Crippen molar-refractivity contribution in [3.8, 4) is 0 Å². The summed E-state index contributed by atoms with van der Waals surface area (Å²) in [6.07, 6.45) is 6.03. The van der Waals surface area contributed by atoms with Crippen LogP contribution in [0.2, 0.25) is 0 Å². The number of pyridine rings is 1. The van der Waals surface area contributed by atoms with Gasteiger partial charge in [0.15, 0.2) is 0 Å². The molecule has 6 nitrogen and oxygen atoms in total. The lowest BCUT2D eigenvalue weighted by Gasteiger charge is -2.31. The number of carbonyl (C=O) groups is 1. The number of nitrogens with zero attached hydrogens (tertiary/aromatic N) is 2. The van der Waals surface area contributed by atoms with Crippen molar-refractivity contribution >= 4 is 11.7 Å². The van der Waals surface area contributed by atoms with E-state index in [9.17, 15) is 4.79 Å². The van der Waals surface area contributed by atoms with Gasteiger partial charge in [0.1, 0.15) is 5.82 Å². The Hall–Kier alpha value is -1.66. The summed E-state index contributed by atoms with van der Waals surface area (Å²) in [5.74, 6) is 1.98. The number of carbonyl (C=O) groups excluding carboxylic acids is 1. The van der Waals surface area contributed by atoms with E-state index in [0.29, 0.717) is 19.8 Å². The quantitative estimate of drug-likeness (QED) is 0.848. The lowest BCUT2D eigenvalue weighted by molar-refractivity contribution is -0.124. The van der Waals surface area contributed by atoms with E-state index in [-0.39, 0.29) is 11.8 Å².